The third-order valence-corrected chi connectivity index (χ3v) is 3.18. The van der Waals surface area contributed by atoms with E-state index >= 15 is 0 Å². The molecule has 0 radical (unpaired) electrons. The summed E-state index contributed by atoms with van der Waals surface area (Å²) < 4.78 is 12.0. The molecule has 0 heterocycles. The predicted molar refractivity (Wildman–Crippen MR) is 46.3 cm³/mol. The van der Waals surface area contributed by atoms with Crippen molar-refractivity contribution in [3.05, 3.63) is 11.1 Å². The molecular formula is C9H14ClF. The molecule has 2 atom stereocenters. The van der Waals surface area contributed by atoms with Crippen molar-refractivity contribution >= 4 is 11.6 Å². The largest absolute Gasteiger partial charge is 0.245 e. The van der Waals surface area contributed by atoms with Gasteiger partial charge in [-0.3, -0.25) is 0 Å². The highest BCUT2D eigenvalue weighted by Crippen LogP contribution is 2.58. The quantitative estimate of drug-likeness (QED) is 0.605. The Morgan fingerprint density at radius 1 is 1.64 bits per heavy atom. The lowest BCUT2D eigenvalue weighted by Gasteiger charge is -1.96. The first kappa shape index (κ1) is 9.05. The van der Waals surface area contributed by atoms with Crippen LogP contribution in [0, 0.1) is 17.3 Å². The van der Waals surface area contributed by atoms with Crippen LogP contribution in [-0.2, 0) is 0 Å². The van der Waals surface area contributed by atoms with E-state index in [0.717, 1.165) is 0 Å². The van der Waals surface area contributed by atoms with Gasteiger partial charge in [0, 0.05) is 5.03 Å². The van der Waals surface area contributed by atoms with E-state index in [1.54, 1.807) is 0 Å². The fourth-order valence-corrected chi connectivity index (χ4v) is 1.67. The summed E-state index contributed by atoms with van der Waals surface area (Å²) in [6.07, 6.45) is 1.85. The zero-order valence-corrected chi connectivity index (χ0v) is 7.95. The first-order valence-electron chi connectivity index (χ1n) is 3.92. The van der Waals surface area contributed by atoms with E-state index in [-0.39, 0.29) is 0 Å². The van der Waals surface area contributed by atoms with Gasteiger partial charge in [0.05, 0.1) is 0 Å². The molecule has 2 unspecified atom stereocenters. The maximum absolute atomic E-state index is 12.0. The number of rotatable bonds is 2. The fourth-order valence-electron chi connectivity index (χ4n) is 1.54. The standard InChI is InChI=1S/C9H14ClF/c1-6-8(9(6,2)3)4-7(10)5-11/h4,6,8H,5H2,1-3H3. The lowest BCUT2D eigenvalue weighted by atomic mass is 10.1. The van der Waals surface area contributed by atoms with Gasteiger partial charge >= 0.3 is 0 Å². The Morgan fingerprint density at radius 3 is 2.36 bits per heavy atom. The van der Waals surface area contributed by atoms with Crippen molar-refractivity contribution in [1.82, 2.24) is 0 Å². The highest BCUT2D eigenvalue weighted by atomic mass is 35.5. The highest BCUT2D eigenvalue weighted by molar-refractivity contribution is 6.29. The number of hydrogen-bond acceptors (Lipinski definition) is 0. The van der Waals surface area contributed by atoms with E-state index in [4.69, 9.17) is 11.6 Å². The van der Waals surface area contributed by atoms with E-state index in [1.807, 2.05) is 6.08 Å². The summed E-state index contributed by atoms with van der Waals surface area (Å²) in [5.74, 6) is 1.12. The van der Waals surface area contributed by atoms with Crippen LogP contribution in [0.15, 0.2) is 11.1 Å². The van der Waals surface area contributed by atoms with Crippen molar-refractivity contribution in [2.75, 3.05) is 6.67 Å². The van der Waals surface area contributed by atoms with Gasteiger partial charge in [0.2, 0.25) is 0 Å². The molecule has 0 spiro atoms. The van der Waals surface area contributed by atoms with Gasteiger partial charge in [-0.1, -0.05) is 38.4 Å². The summed E-state index contributed by atoms with van der Waals surface area (Å²) in [6, 6.07) is 0. The molecule has 1 saturated carbocycles. The minimum Gasteiger partial charge on any atom is -0.245 e. The topological polar surface area (TPSA) is 0 Å². The van der Waals surface area contributed by atoms with Crippen LogP contribution in [0.5, 0.6) is 0 Å². The van der Waals surface area contributed by atoms with Crippen molar-refractivity contribution in [1.29, 1.82) is 0 Å². The van der Waals surface area contributed by atoms with Crippen LogP contribution >= 0.6 is 11.6 Å². The minimum absolute atomic E-state index is 0.329. The average molecular weight is 177 g/mol. The fraction of sp³-hybridized carbons (Fsp3) is 0.778. The molecule has 1 fully saturated rings. The summed E-state index contributed by atoms with van der Waals surface area (Å²) in [5, 5.41) is 0.354. The molecule has 0 N–H and O–H groups in total. The maximum Gasteiger partial charge on any atom is 0.125 e. The van der Waals surface area contributed by atoms with Crippen molar-refractivity contribution in [2.24, 2.45) is 17.3 Å². The Kier molecular flexibility index (Phi) is 2.29. The van der Waals surface area contributed by atoms with Gasteiger partial charge in [0.25, 0.3) is 0 Å². The summed E-state index contributed by atoms with van der Waals surface area (Å²) in [6.45, 7) is 6.01. The maximum atomic E-state index is 12.0. The summed E-state index contributed by atoms with van der Waals surface area (Å²) in [4.78, 5) is 0. The Hall–Kier alpha value is -0.0400. The lowest BCUT2D eigenvalue weighted by molar-refractivity contribution is 0.549. The molecule has 0 nitrogen and oxygen atoms in total. The summed E-state index contributed by atoms with van der Waals surface area (Å²) in [5.41, 5.74) is 0.329. The molecule has 1 aliphatic rings. The molecule has 11 heavy (non-hydrogen) atoms. The molecule has 0 aliphatic heterocycles. The van der Waals surface area contributed by atoms with Gasteiger partial charge in [0.15, 0.2) is 0 Å². The van der Waals surface area contributed by atoms with Crippen LogP contribution in [0.1, 0.15) is 20.8 Å². The van der Waals surface area contributed by atoms with E-state index < -0.39 is 6.67 Å². The number of hydrogen-bond donors (Lipinski definition) is 0. The van der Waals surface area contributed by atoms with Crippen LogP contribution in [0.2, 0.25) is 0 Å². The van der Waals surface area contributed by atoms with E-state index in [9.17, 15) is 4.39 Å². The normalized spacial score (nSPS) is 35.5. The molecule has 0 saturated heterocycles. The minimum atomic E-state index is -0.527. The zero-order chi connectivity index (χ0) is 8.65. The molecule has 0 bridgehead atoms. The first-order valence-corrected chi connectivity index (χ1v) is 4.30. The number of alkyl halides is 1. The molecule has 2 heteroatoms. The van der Waals surface area contributed by atoms with E-state index in [1.165, 1.54) is 0 Å². The highest BCUT2D eigenvalue weighted by Gasteiger charge is 2.52. The van der Waals surface area contributed by atoms with Gasteiger partial charge < -0.3 is 0 Å². The summed E-state index contributed by atoms with van der Waals surface area (Å²) >= 11 is 5.58. The van der Waals surface area contributed by atoms with Crippen LogP contribution in [-0.4, -0.2) is 6.67 Å². The molecule has 0 aromatic heterocycles. The van der Waals surface area contributed by atoms with Crippen LogP contribution in [0.3, 0.4) is 0 Å². The van der Waals surface area contributed by atoms with E-state index in [0.29, 0.717) is 22.3 Å². The van der Waals surface area contributed by atoms with Crippen molar-refractivity contribution in [2.45, 2.75) is 20.8 Å². The smallest absolute Gasteiger partial charge is 0.125 e. The SMILES string of the molecule is CC1C(C=C(Cl)CF)C1(C)C. The average Bonchev–Trinajstić information content (AvgIpc) is 2.39. The lowest BCUT2D eigenvalue weighted by Crippen LogP contribution is -1.88. The Morgan fingerprint density at radius 2 is 2.09 bits per heavy atom. The third kappa shape index (κ3) is 1.58. The molecule has 64 valence electrons. The van der Waals surface area contributed by atoms with Crippen molar-refractivity contribution in [3.63, 3.8) is 0 Å². The van der Waals surface area contributed by atoms with Gasteiger partial charge in [-0.25, -0.2) is 4.39 Å². The Balaban J connectivity index is 2.55. The predicted octanol–water partition coefficient (Wildman–Crippen LogP) is 3.37. The van der Waals surface area contributed by atoms with Crippen LogP contribution < -0.4 is 0 Å². The summed E-state index contributed by atoms with van der Waals surface area (Å²) in [7, 11) is 0. The van der Waals surface area contributed by atoms with Gasteiger partial charge in [-0.2, -0.15) is 0 Å². The Labute approximate surface area is 72.4 Å². The zero-order valence-electron chi connectivity index (χ0n) is 7.20. The first-order chi connectivity index (χ1) is 5.00. The molecule has 0 aromatic rings. The van der Waals surface area contributed by atoms with Gasteiger partial charge in [-0.15, -0.1) is 0 Å². The molecule has 0 amide bonds. The molecule has 1 aliphatic carbocycles. The van der Waals surface area contributed by atoms with Crippen LogP contribution in [0.4, 0.5) is 4.39 Å². The molecule has 1 rings (SSSR count). The van der Waals surface area contributed by atoms with Gasteiger partial charge in [0.1, 0.15) is 6.67 Å². The number of allylic oxidation sites excluding steroid dienone is 2. The van der Waals surface area contributed by atoms with Gasteiger partial charge in [-0.05, 0) is 17.3 Å². The second kappa shape index (κ2) is 2.78. The van der Waals surface area contributed by atoms with Crippen molar-refractivity contribution in [3.8, 4) is 0 Å². The van der Waals surface area contributed by atoms with Crippen LogP contribution in [0.25, 0.3) is 0 Å². The second-order valence-corrected chi connectivity index (χ2v) is 4.37. The Bertz CT molecular complexity index is 184. The second-order valence-electron chi connectivity index (χ2n) is 3.88. The molecule has 0 aromatic carbocycles. The third-order valence-electron chi connectivity index (χ3n) is 2.95. The molecular weight excluding hydrogens is 163 g/mol. The monoisotopic (exact) mass is 176 g/mol. The van der Waals surface area contributed by atoms with E-state index in [2.05, 4.69) is 20.8 Å². The number of halogens is 2. The van der Waals surface area contributed by atoms with Crippen molar-refractivity contribution < 1.29 is 4.39 Å².